The van der Waals surface area contributed by atoms with E-state index in [9.17, 15) is 19.5 Å². The normalized spacial score (nSPS) is 20.2. The van der Waals surface area contributed by atoms with Crippen LogP contribution in [0.25, 0.3) is 0 Å². The number of ether oxygens (including phenoxy) is 3. The Hall–Kier alpha value is -2.87. The molecule has 1 aromatic rings. The van der Waals surface area contributed by atoms with E-state index in [0.717, 1.165) is 19.8 Å². The summed E-state index contributed by atoms with van der Waals surface area (Å²) in [5.41, 5.74) is -0.407. The fourth-order valence-corrected chi connectivity index (χ4v) is 3.69. The van der Waals surface area contributed by atoms with E-state index in [1.807, 2.05) is 37.3 Å². The van der Waals surface area contributed by atoms with Crippen LogP contribution in [0.5, 0.6) is 0 Å². The van der Waals surface area contributed by atoms with Gasteiger partial charge in [0.25, 0.3) is 0 Å². The molecule has 0 unspecified atom stereocenters. The first-order valence-corrected chi connectivity index (χ1v) is 9.38. The maximum Gasteiger partial charge on any atom is 0.407 e. The van der Waals surface area contributed by atoms with Gasteiger partial charge in [-0.05, 0) is 18.4 Å². The van der Waals surface area contributed by atoms with Gasteiger partial charge in [0.05, 0.1) is 20.3 Å². The van der Waals surface area contributed by atoms with Gasteiger partial charge in [-0.15, -0.1) is 0 Å². The number of esters is 2. The number of benzene rings is 1. The molecule has 8 nitrogen and oxygen atoms in total. The smallest absolute Gasteiger partial charge is 0.407 e. The summed E-state index contributed by atoms with van der Waals surface area (Å²) in [5.74, 6) is -2.13. The highest BCUT2D eigenvalue weighted by molar-refractivity contribution is 6.02. The summed E-state index contributed by atoms with van der Waals surface area (Å²) in [6, 6.07) is 8.10. The number of methoxy groups -OCH3 is 2. The molecule has 0 saturated carbocycles. The van der Waals surface area contributed by atoms with Crippen molar-refractivity contribution in [2.45, 2.75) is 32.4 Å². The summed E-state index contributed by atoms with van der Waals surface area (Å²) in [6.45, 7) is 1.60. The third-order valence-corrected chi connectivity index (χ3v) is 5.11. The average Bonchev–Trinajstić information content (AvgIpc) is 2.77. The van der Waals surface area contributed by atoms with Gasteiger partial charge < -0.3 is 24.6 Å². The molecule has 8 heteroatoms. The number of rotatable bonds is 7. The minimum atomic E-state index is -1.82. The monoisotopic (exact) mass is 405 g/mol. The number of aliphatic hydroxyl groups is 1. The van der Waals surface area contributed by atoms with Crippen molar-refractivity contribution in [3.63, 3.8) is 0 Å². The highest BCUT2D eigenvalue weighted by atomic mass is 16.6. The first-order valence-electron chi connectivity index (χ1n) is 9.38. The van der Waals surface area contributed by atoms with Gasteiger partial charge in [0.1, 0.15) is 6.61 Å². The van der Waals surface area contributed by atoms with Crippen LogP contribution in [-0.2, 0) is 30.4 Å². The summed E-state index contributed by atoms with van der Waals surface area (Å²) in [7, 11) is 2.32. The second-order valence-electron chi connectivity index (χ2n) is 6.84. The minimum absolute atomic E-state index is 0.0350. The Balaban J connectivity index is 2.34. The number of carbonyl (C=O) groups excluding carboxylic acids is 3. The Morgan fingerprint density at radius 3 is 2.28 bits per heavy atom. The number of amides is 1. The van der Waals surface area contributed by atoms with Gasteiger partial charge in [0.15, 0.2) is 5.41 Å². The van der Waals surface area contributed by atoms with Crippen molar-refractivity contribution in [2.75, 3.05) is 20.8 Å². The SMILES string of the molecule is CCC1=C[C@@H](CO)CC(C(=O)OC)(C(=O)OC)[C@H]1NC(=O)OCc1ccccc1. The van der Waals surface area contributed by atoms with Gasteiger partial charge in [-0.3, -0.25) is 9.59 Å². The Morgan fingerprint density at radius 1 is 1.14 bits per heavy atom. The standard InChI is InChI=1S/C21H27NO7/c1-4-16-10-15(12-23)11-21(18(24)27-2,19(25)28-3)17(16)22-20(26)29-13-14-8-6-5-7-9-14/h5-10,15,17,23H,4,11-13H2,1-3H3,(H,22,26)/t15-,17+/m1/s1. The lowest BCUT2D eigenvalue weighted by Crippen LogP contribution is -2.60. The van der Waals surface area contributed by atoms with Gasteiger partial charge in [-0.25, -0.2) is 4.79 Å². The first kappa shape index (κ1) is 22.4. The van der Waals surface area contributed by atoms with E-state index in [4.69, 9.17) is 14.2 Å². The van der Waals surface area contributed by atoms with Crippen LogP contribution in [0.1, 0.15) is 25.3 Å². The third-order valence-electron chi connectivity index (χ3n) is 5.11. The number of hydrogen-bond acceptors (Lipinski definition) is 7. The Kier molecular flexibility index (Phi) is 7.78. The van der Waals surface area contributed by atoms with E-state index in [-0.39, 0.29) is 19.6 Å². The Morgan fingerprint density at radius 2 is 1.76 bits per heavy atom. The van der Waals surface area contributed by atoms with Crippen LogP contribution in [0.2, 0.25) is 0 Å². The van der Waals surface area contributed by atoms with E-state index in [2.05, 4.69) is 5.32 Å². The molecule has 0 aliphatic heterocycles. The molecular weight excluding hydrogens is 378 g/mol. The van der Waals surface area contributed by atoms with Crippen molar-refractivity contribution in [1.82, 2.24) is 5.32 Å². The van der Waals surface area contributed by atoms with Crippen molar-refractivity contribution >= 4 is 18.0 Å². The zero-order valence-electron chi connectivity index (χ0n) is 16.8. The molecule has 0 spiro atoms. The molecule has 29 heavy (non-hydrogen) atoms. The molecule has 0 saturated heterocycles. The molecule has 2 N–H and O–H groups in total. The lowest BCUT2D eigenvalue weighted by atomic mass is 9.66. The molecule has 1 aliphatic carbocycles. The topological polar surface area (TPSA) is 111 Å². The van der Waals surface area contributed by atoms with E-state index in [1.165, 1.54) is 0 Å². The number of alkyl carbamates (subject to hydrolysis) is 1. The van der Waals surface area contributed by atoms with Gasteiger partial charge in [-0.2, -0.15) is 0 Å². The van der Waals surface area contributed by atoms with Gasteiger partial charge >= 0.3 is 18.0 Å². The zero-order valence-corrected chi connectivity index (χ0v) is 16.8. The highest BCUT2D eigenvalue weighted by Crippen LogP contribution is 2.42. The molecule has 2 atom stereocenters. The van der Waals surface area contributed by atoms with Crippen LogP contribution >= 0.6 is 0 Å². The molecule has 1 amide bonds. The van der Waals surface area contributed by atoms with Crippen molar-refractivity contribution in [1.29, 1.82) is 0 Å². The summed E-state index contributed by atoms with van der Waals surface area (Å²) in [4.78, 5) is 38.0. The maximum absolute atomic E-state index is 12.8. The van der Waals surface area contributed by atoms with Gasteiger partial charge in [0.2, 0.25) is 0 Å². The minimum Gasteiger partial charge on any atom is -0.468 e. The average molecular weight is 405 g/mol. The molecular formula is C21H27NO7. The molecule has 1 aromatic carbocycles. The fraction of sp³-hybridized carbons (Fsp3) is 0.476. The largest absolute Gasteiger partial charge is 0.468 e. The first-order chi connectivity index (χ1) is 13.9. The van der Waals surface area contributed by atoms with Crippen LogP contribution in [-0.4, -0.2) is 50.0 Å². The van der Waals surface area contributed by atoms with Crippen LogP contribution < -0.4 is 5.32 Å². The third kappa shape index (κ3) is 4.76. The van der Waals surface area contributed by atoms with Crippen LogP contribution in [0, 0.1) is 11.3 Å². The Labute approximate surface area is 169 Å². The molecule has 1 aliphatic rings. The number of nitrogens with one attached hydrogen (secondary N) is 1. The quantitative estimate of drug-likeness (QED) is 0.309. The molecule has 0 radical (unpaired) electrons. The van der Waals surface area contributed by atoms with Crippen molar-refractivity contribution in [3.8, 4) is 0 Å². The van der Waals surface area contributed by atoms with Crippen molar-refractivity contribution in [3.05, 3.63) is 47.5 Å². The Bertz CT molecular complexity index is 744. The van der Waals surface area contributed by atoms with Crippen LogP contribution in [0.4, 0.5) is 4.79 Å². The fourth-order valence-electron chi connectivity index (χ4n) is 3.69. The lowest BCUT2D eigenvalue weighted by Gasteiger charge is -2.42. The van der Waals surface area contributed by atoms with Crippen LogP contribution in [0.3, 0.4) is 0 Å². The summed E-state index contributed by atoms with van der Waals surface area (Å²) in [5, 5.41) is 12.3. The summed E-state index contributed by atoms with van der Waals surface area (Å²) in [6.07, 6.45) is 1.37. The van der Waals surface area contributed by atoms with E-state index in [1.54, 1.807) is 6.08 Å². The predicted molar refractivity (Wildman–Crippen MR) is 104 cm³/mol. The number of hydrogen-bond donors (Lipinski definition) is 2. The molecule has 2 rings (SSSR count). The molecule has 158 valence electrons. The summed E-state index contributed by atoms with van der Waals surface area (Å²) < 4.78 is 15.1. The second-order valence-corrected chi connectivity index (χ2v) is 6.84. The molecule has 0 bridgehead atoms. The lowest BCUT2D eigenvalue weighted by molar-refractivity contribution is -0.173. The molecule has 0 aromatic heterocycles. The maximum atomic E-state index is 12.8. The molecule has 0 heterocycles. The highest BCUT2D eigenvalue weighted by Gasteiger charge is 2.58. The van der Waals surface area contributed by atoms with Gasteiger partial charge in [-0.1, -0.05) is 48.9 Å². The van der Waals surface area contributed by atoms with E-state index in [0.29, 0.717) is 12.0 Å². The summed E-state index contributed by atoms with van der Waals surface area (Å²) >= 11 is 0. The van der Waals surface area contributed by atoms with Crippen molar-refractivity contribution < 1.29 is 33.7 Å². The zero-order chi connectivity index (χ0) is 21.4. The molecule has 0 fully saturated rings. The van der Waals surface area contributed by atoms with Gasteiger partial charge in [0, 0.05) is 12.5 Å². The van der Waals surface area contributed by atoms with Crippen LogP contribution in [0.15, 0.2) is 42.0 Å². The predicted octanol–water partition coefficient (Wildman–Crippen LogP) is 1.96. The number of carbonyl (C=O) groups is 3. The van der Waals surface area contributed by atoms with Crippen molar-refractivity contribution in [2.24, 2.45) is 11.3 Å². The van der Waals surface area contributed by atoms with E-state index >= 15 is 0 Å². The van der Waals surface area contributed by atoms with E-state index < -0.39 is 35.4 Å². The number of aliphatic hydroxyl groups excluding tert-OH is 1. The second kappa shape index (κ2) is 10.1.